The topological polar surface area (TPSA) is 72.5 Å². The third kappa shape index (κ3) is 2.89. The Morgan fingerprint density at radius 3 is 2.65 bits per heavy atom. The van der Waals surface area contributed by atoms with E-state index in [1.165, 1.54) is 10.6 Å². The average molecular weight is 351 g/mol. The fraction of sp³-hybridized carbons (Fsp3) is 0.368. The fourth-order valence-corrected chi connectivity index (χ4v) is 3.41. The number of amides is 1. The summed E-state index contributed by atoms with van der Waals surface area (Å²) < 4.78 is 3.05. The normalized spacial score (nSPS) is 14.3. The van der Waals surface area contributed by atoms with E-state index in [1.54, 1.807) is 4.57 Å². The van der Waals surface area contributed by atoms with Gasteiger partial charge in [0.2, 0.25) is 11.7 Å². The number of hydrogen-bond donors (Lipinski definition) is 0. The molecule has 0 atom stereocenters. The molecule has 1 saturated heterocycles. The van der Waals surface area contributed by atoms with Crippen LogP contribution in [0.25, 0.3) is 17.2 Å². The van der Waals surface area contributed by atoms with Gasteiger partial charge in [0.05, 0.1) is 0 Å². The fourth-order valence-electron chi connectivity index (χ4n) is 3.41. The molecule has 134 valence electrons. The Labute approximate surface area is 150 Å². The maximum atomic E-state index is 12.6. The Bertz CT molecular complexity index is 1040. The lowest BCUT2D eigenvalue weighted by Crippen LogP contribution is -2.33. The van der Waals surface area contributed by atoms with E-state index >= 15 is 0 Å². The lowest BCUT2D eigenvalue weighted by molar-refractivity contribution is -0.130. The molecular weight excluding hydrogens is 330 g/mol. The number of likely N-dealkylation sites (tertiary alicyclic amines) is 1. The molecule has 1 aliphatic rings. The molecule has 1 amide bonds. The van der Waals surface area contributed by atoms with Crippen LogP contribution in [-0.2, 0) is 11.3 Å². The summed E-state index contributed by atoms with van der Waals surface area (Å²) in [6.45, 7) is 5.59. The van der Waals surface area contributed by atoms with Crippen molar-refractivity contribution < 1.29 is 4.79 Å². The minimum absolute atomic E-state index is 0.0521. The van der Waals surface area contributed by atoms with Gasteiger partial charge in [-0.15, -0.1) is 5.10 Å². The maximum Gasteiger partial charge on any atom is 0.275 e. The van der Waals surface area contributed by atoms with Crippen LogP contribution in [0.15, 0.2) is 35.1 Å². The number of carbonyl (C=O) groups excluding carboxylic acids is 1. The lowest BCUT2D eigenvalue weighted by atomic mass is 10.1. The van der Waals surface area contributed by atoms with Crippen molar-refractivity contribution in [1.29, 1.82) is 0 Å². The van der Waals surface area contributed by atoms with Gasteiger partial charge < -0.3 is 9.47 Å². The van der Waals surface area contributed by atoms with E-state index in [9.17, 15) is 9.59 Å². The summed E-state index contributed by atoms with van der Waals surface area (Å²) in [5, 5.41) is 4.38. The summed E-state index contributed by atoms with van der Waals surface area (Å²) in [7, 11) is 0. The van der Waals surface area contributed by atoms with Gasteiger partial charge in [-0.05, 0) is 32.8 Å². The van der Waals surface area contributed by atoms with E-state index in [2.05, 4.69) is 10.1 Å². The van der Waals surface area contributed by atoms with E-state index in [4.69, 9.17) is 0 Å². The minimum atomic E-state index is -0.242. The molecule has 1 aromatic carbocycles. The number of rotatable bonds is 3. The first-order valence-corrected chi connectivity index (χ1v) is 8.85. The Hall–Kier alpha value is -2.96. The molecule has 1 aliphatic heterocycles. The first kappa shape index (κ1) is 16.5. The number of aromatic nitrogens is 4. The van der Waals surface area contributed by atoms with Gasteiger partial charge >= 0.3 is 0 Å². The molecule has 4 rings (SSSR count). The average Bonchev–Trinajstić information content (AvgIpc) is 3.28. The van der Waals surface area contributed by atoms with E-state index < -0.39 is 0 Å². The van der Waals surface area contributed by atoms with Gasteiger partial charge in [0.15, 0.2) is 5.82 Å². The van der Waals surface area contributed by atoms with E-state index in [0.29, 0.717) is 17.3 Å². The zero-order valence-corrected chi connectivity index (χ0v) is 15.0. The monoisotopic (exact) mass is 351 g/mol. The van der Waals surface area contributed by atoms with Crippen molar-refractivity contribution in [1.82, 2.24) is 24.1 Å². The van der Waals surface area contributed by atoms with Gasteiger partial charge in [0.25, 0.3) is 5.56 Å². The zero-order valence-electron chi connectivity index (χ0n) is 15.0. The predicted molar refractivity (Wildman–Crippen MR) is 98.0 cm³/mol. The number of nitrogens with zero attached hydrogens (tertiary/aromatic N) is 5. The molecule has 2 aromatic heterocycles. The van der Waals surface area contributed by atoms with Crippen LogP contribution in [0.1, 0.15) is 24.1 Å². The first-order valence-electron chi connectivity index (χ1n) is 8.85. The summed E-state index contributed by atoms with van der Waals surface area (Å²) in [6.07, 6.45) is 2.10. The van der Waals surface area contributed by atoms with Gasteiger partial charge in [-0.25, -0.2) is 0 Å². The van der Waals surface area contributed by atoms with Crippen LogP contribution in [0.5, 0.6) is 0 Å². The molecule has 0 aliphatic carbocycles. The minimum Gasteiger partial charge on any atom is -0.341 e. The standard InChI is InChI=1S/C19H21N5O2/c1-13-6-5-7-15(10-13)18-20-19-23(12-17(26)22-8-3-4-9-22)14(2)11-16(25)24(19)21-18/h5-7,10-11H,3-4,8-9,12H2,1-2H3. The summed E-state index contributed by atoms with van der Waals surface area (Å²) in [6, 6.07) is 9.33. The van der Waals surface area contributed by atoms with Crippen LogP contribution in [0.3, 0.4) is 0 Å². The molecule has 7 nitrogen and oxygen atoms in total. The molecule has 0 N–H and O–H groups in total. The molecule has 1 fully saturated rings. The molecule has 7 heteroatoms. The van der Waals surface area contributed by atoms with Crippen LogP contribution in [0.2, 0.25) is 0 Å². The summed E-state index contributed by atoms with van der Waals surface area (Å²) in [5.41, 5.74) is 2.41. The molecule has 0 saturated carbocycles. The molecular formula is C19H21N5O2. The maximum absolute atomic E-state index is 12.6. The molecule has 3 heterocycles. The van der Waals surface area contributed by atoms with Crippen molar-refractivity contribution in [3.05, 3.63) is 51.9 Å². The van der Waals surface area contributed by atoms with Crippen LogP contribution in [0.4, 0.5) is 0 Å². The largest absolute Gasteiger partial charge is 0.341 e. The third-order valence-corrected chi connectivity index (χ3v) is 4.83. The van der Waals surface area contributed by atoms with E-state index in [0.717, 1.165) is 37.1 Å². The molecule has 26 heavy (non-hydrogen) atoms. The molecule has 0 radical (unpaired) electrons. The number of carbonyl (C=O) groups is 1. The highest BCUT2D eigenvalue weighted by molar-refractivity contribution is 5.77. The highest BCUT2D eigenvalue weighted by atomic mass is 16.2. The van der Waals surface area contributed by atoms with Gasteiger partial charge in [0, 0.05) is 30.4 Å². The Kier molecular flexibility index (Phi) is 4.06. The van der Waals surface area contributed by atoms with Crippen molar-refractivity contribution in [3.63, 3.8) is 0 Å². The van der Waals surface area contributed by atoms with Crippen molar-refractivity contribution in [2.75, 3.05) is 13.1 Å². The van der Waals surface area contributed by atoms with Crippen LogP contribution in [-0.4, -0.2) is 43.1 Å². The third-order valence-electron chi connectivity index (χ3n) is 4.83. The Morgan fingerprint density at radius 1 is 1.15 bits per heavy atom. The van der Waals surface area contributed by atoms with Crippen molar-refractivity contribution >= 4 is 11.7 Å². The summed E-state index contributed by atoms with van der Waals surface area (Å²) in [4.78, 5) is 31.4. The smallest absolute Gasteiger partial charge is 0.275 e. The lowest BCUT2D eigenvalue weighted by Gasteiger charge is -2.17. The Balaban J connectivity index is 1.79. The molecule has 0 bridgehead atoms. The predicted octanol–water partition coefficient (Wildman–Crippen LogP) is 1.80. The number of fused-ring (bicyclic) bond motifs is 1. The quantitative estimate of drug-likeness (QED) is 0.721. The number of benzene rings is 1. The van der Waals surface area contributed by atoms with E-state index in [1.807, 2.05) is 43.0 Å². The van der Waals surface area contributed by atoms with Gasteiger partial charge in [0.1, 0.15) is 6.54 Å². The second-order valence-corrected chi connectivity index (χ2v) is 6.81. The summed E-state index contributed by atoms with van der Waals surface area (Å²) >= 11 is 0. The zero-order chi connectivity index (χ0) is 18.3. The molecule has 0 unspecified atom stereocenters. The summed E-state index contributed by atoms with van der Waals surface area (Å²) in [5.74, 6) is 0.939. The van der Waals surface area contributed by atoms with Gasteiger partial charge in [-0.2, -0.15) is 9.50 Å². The van der Waals surface area contributed by atoms with Crippen LogP contribution >= 0.6 is 0 Å². The van der Waals surface area contributed by atoms with Gasteiger partial charge in [-0.3, -0.25) is 9.59 Å². The van der Waals surface area contributed by atoms with Crippen molar-refractivity contribution in [3.8, 4) is 11.4 Å². The SMILES string of the molecule is Cc1cccc(-c2nc3n(CC(=O)N4CCCC4)c(C)cc(=O)n3n2)c1. The van der Waals surface area contributed by atoms with Crippen molar-refractivity contribution in [2.45, 2.75) is 33.2 Å². The highest BCUT2D eigenvalue weighted by Gasteiger charge is 2.21. The second kappa shape index (κ2) is 6.40. The number of aryl methyl sites for hydroxylation is 2. The van der Waals surface area contributed by atoms with Crippen LogP contribution in [0, 0.1) is 13.8 Å². The second-order valence-electron chi connectivity index (χ2n) is 6.81. The molecule has 3 aromatic rings. The number of hydrogen-bond acceptors (Lipinski definition) is 4. The van der Waals surface area contributed by atoms with Crippen molar-refractivity contribution in [2.24, 2.45) is 0 Å². The van der Waals surface area contributed by atoms with Gasteiger partial charge in [-0.1, -0.05) is 23.8 Å². The van der Waals surface area contributed by atoms with E-state index in [-0.39, 0.29) is 18.0 Å². The highest BCUT2D eigenvalue weighted by Crippen LogP contribution is 2.18. The molecule has 0 spiro atoms. The Morgan fingerprint density at radius 2 is 1.92 bits per heavy atom. The first-order chi connectivity index (χ1) is 12.5. The van der Waals surface area contributed by atoms with Crippen LogP contribution < -0.4 is 5.56 Å².